The Labute approximate surface area is 173 Å². The summed E-state index contributed by atoms with van der Waals surface area (Å²) in [7, 11) is 1.85. The van der Waals surface area contributed by atoms with Gasteiger partial charge in [-0.25, -0.2) is 4.39 Å². The van der Waals surface area contributed by atoms with Crippen molar-refractivity contribution in [3.8, 4) is 22.6 Å². The molecule has 0 bridgehead atoms. The average molecular weight is 404 g/mol. The van der Waals surface area contributed by atoms with Gasteiger partial charge in [-0.3, -0.25) is 14.0 Å². The number of hydrogen-bond acceptors (Lipinski definition) is 4. The summed E-state index contributed by atoms with van der Waals surface area (Å²) < 4.78 is 20.5. The summed E-state index contributed by atoms with van der Waals surface area (Å²) in [5.41, 5.74) is 4.05. The van der Waals surface area contributed by atoms with Crippen LogP contribution >= 0.6 is 0 Å². The highest BCUT2D eigenvalue weighted by Crippen LogP contribution is 2.28. The second kappa shape index (κ2) is 8.65. The number of hydrogen-bond donors (Lipinski definition) is 1. The maximum absolute atomic E-state index is 12.9. The van der Waals surface area contributed by atoms with Crippen molar-refractivity contribution >= 4 is 5.69 Å². The van der Waals surface area contributed by atoms with Gasteiger partial charge in [0.25, 0.3) is 5.56 Å². The van der Waals surface area contributed by atoms with Crippen LogP contribution in [0.5, 0.6) is 5.75 Å². The number of nitrogens with zero attached hydrogens (tertiary/aromatic N) is 3. The first-order valence-corrected chi connectivity index (χ1v) is 9.47. The number of aryl methyl sites for hydroxylation is 1. The van der Waals surface area contributed by atoms with Crippen LogP contribution in [0.3, 0.4) is 0 Å². The van der Waals surface area contributed by atoms with Crippen LogP contribution in [0.2, 0.25) is 0 Å². The van der Waals surface area contributed by atoms with E-state index in [0.717, 1.165) is 22.4 Å². The van der Waals surface area contributed by atoms with E-state index in [0.29, 0.717) is 18.0 Å². The number of anilines is 1. The Morgan fingerprint density at radius 1 is 1.07 bits per heavy atom. The molecule has 0 saturated heterocycles. The topological polar surface area (TPSA) is 61.1 Å². The predicted octanol–water partition coefficient (Wildman–Crippen LogP) is 4.16. The van der Waals surface area contributed by atoms with Crippen LogP contribution in [0.1, 0.15) is 5.56 Å². The first-order chi connectivity index (χ1) is 14.6. The quantitative estimate of drug-likeness (QED) is 0.503. The van der Waals surface area contributed by atoms with Crippen molar-refractivity contribution in [2.75, 3.05) is 12.2 Å². The molecule has 0 radical (unpaired) electrons. The van der Waals surface area contributed by atoms with Crippen LogP contribution < -0.4 is 15.6 Å². The van der Waals surface area contributed by atoms with E-state index in [-0.39, 0.29) is 5.56 Å². The largest absolute Gasteiger partial charge is 0.463 e. The Balaban J connectivity index is 1.73. The molecular weight excluding hydrogens is 383 g/mol. The van der Waals surface area contributed by atoms with Crippen LogP contribution in [0.15, 0.2) is 84.0 Å². The Morgan fingerprint density at radius 3 is 2.50 bits per heavy atom. The third-order valence-electron chi connectivity index (χ3n) is 4.73. The second-order valence-corrected chi connectivity index (χ2v) is 6.80. The van der Waals surface area contributed by atoms with E-state index in [2.05, 4.69) is 10.4 Å². The van der Waals surface area contributed by atoms with E-state index in [1.165, 1.54) is 0 Å². The van der Waals surface area contributed by atoms with Gasteiger partial charge in [0.15, 0.2) is 0 Å². The van der Waals surface area contributed by atoms with Gasteiger partial charge in [-0.1, -0.05) is 30.3 Å². The summed E-state index contributed by atoms with van der Waals surface area (Å²) >= 11 is 0. The molecular formula is C23H21FN4O2. The molecule has 4 rings (SSSR count). The van der Waals surface area contributed by atoms with Crippen LogP contribution in [0.25, 0.3) is 16.8 Å². The molecule has 0 spiro atoms. The summed E-state index contributed by atoms with van der Waals surface area (Å²) in [5.74, 6) is 0.405. The number of pyridine rings is 1. The Bertz CT molecular complexity index is 1180. The molecule has 2 heterocycles. The fourth-order valence-corrected chi connectivity index (χ4v) is 3.23. The highest BCUT2D eigenvalue weighted by atomic mass is 19.1. The highest BCUT2D eigenvalue weighted by Gasteiger charge is 2.12. The standard InChI is InChI=1S/C23H21FN4O2/c1-27-14-18(13-26-27)21-15-28(19-7-9-20(10-8-19)30-16-24)23(29)11-22(21)25-12-17-5-3-2-4-6-17/h2-11,13-15,25H,12,16H2,1H3. The molecule has 0 unspecified atom stereocenters. The molecule has 152 valence electrons. The lowest BCUT2D eigenvalue weighted by Crippen LogP contribution is -2.18. The number of aromatic nitrogens is 3. The fourth-order valence-electron chi connectivity index (χ4n) is 3.23. The summed E-state index contributed by atoms with van der Waals surface area (Å²) in [6, 6.07) is 18.3. The van der Waals surface area contributed by atoms with Gasteiger partial charge in [0.05, 0.1) is 6.20 Å². The van der Waals surface area contributed by atoms with Gasteiger partial charge in [0.2, 0.25) is 6.86 Å². The Hall–Kier alpha value is -3.87. The van der Waals surface area contributed by atoms with Crippen molar-refractivity contribution in [3.05, 3.63) is 95.2 Å². The zero-order chi connectivity index (χ0) is 20.9. The van der Waals surface area contributed by atoms with Crippen LogP contribution in [0.4, 0.5) is 10.1 Å². The van der Waals surface area contributed by atoms with Crippen molar-refractivity contribution < 1.29 is 9.13 Å². The molecule has 2 aromatic heterocycles. The van der Waals surface area contributed by atoms with E-state index < -0.39 is 6.86 Å². The van der Waals surface area contributed by atoms with Crippen molar-refractivity contribution in [3.63, 3.8) is 0 Å². The zero-order valence-electron chi connectivity index (χ0n) is 16.5. The average Bonchev–Trinajstić information content (AvgIpc) is 3.20. The van der Waals surface area contributed by atoms with Gasteiger partial charge in [-0.15, -0.1) is 0 Å². The van der Waals surface area contributed by atoms with E-state index in [1.807, 2.05) is 43.6 Å². The summed E-state index contributed by atoms with van der Waals surface area (Å²) in [6.45, 7) is -0.306. The maximum Gasteiger partial charge on any atom is 0.257 e. The predicted molar refractivity (Wildman–Crippen MR) is 115 cm³/mol. The monoisotopic (exact) mass is 404 g/mol. The summed E-state index contributed by atoms with van der Waals surface area (Å²) in [5, 5.41) is 7.63. The van der Waals surface area contributed by atoms with E-state index in [1.54, 1.807) is 52.0 Å². The van der Waals surface area contributed by atoms with Gasteiger partial charge in [0, 0.05) is 54.6 Å². The molecule has 7 heteroatoms. The maximum atomic E-state index is 12.9. The molecule has 0 amide bonds. The van der Waals surface area contributed by atoms with Gasteiger partial charge in [-0.2, -0.15) is 5.10 Å². The molecule has 0 aliphatic rings. The second-order valence-electron chi connectivity index (χ2n) is 6.80. The van der Waals surface area contributed by atoms with Gasteiger partial charge in [0.1, 0.15) is 5.75 Å². The Kier molecular flexibility index (Phi) is 5.61. The lowest BCUT2D eigenvalue weighted by molar-refractivity contribution is 0.192. The number of benzene rings is 2. The lowest BCUT2D eigenvalue weighted by atomic mass is 10.1. The highest BCUT2D eigenvalue weighted by molar-refractivity contribution is 5.76. The van der Waals surface area contributed by atoms with E-state index in [4.69, 9.17) is 4.74 Å². The summed E-state index contributed by atoms with van der Waals surface area (Å²) in [4.78, 5) is 12.9. The molecule has 0 fully saturated rings. The molecule has 0 aliphatic heterocycles. The van der Waals surface area contributed by atoms with Crippen molar-refractivity contribution in [1.29, 1.82) is 0 Å². The van der Waals surface area contributed by atoms with Gasteiger partial charge >= 0.3 is 0 Å². The molecule has 0 atom stereocenters. The minimum atomic E-state index is -0.897. The first-order valence-electron chi connectivity index (χ1n) is 9.47. The number of halogens is 1. The SMILES string of the molecule is Cn1cc(-c2cn(-c3ccc(OCF)cc3)c(=O)cc2NCc2ccccc2)cn1. The normalized spacial score (nSPS) is 10.7. The number of nitrogens with one attached hydrogen (secondary N) is 1. The zero-order valence-corrected chi connectivity index (χ0v) is 16.5. The Morgan fingerprint density at radius 2 is 1.83 bits per heavy atom. The smallest absolute Gasteiger partial charge is 0.257 e. The lowest BCUT2D eigenvalue weighted by Gasteiger charge is -2.15. The van der Waals surface area contributed by atoms with Gasteiger partial charge in [-0.05, 0) is 29.8 Å². The molecule has 0 saturated carbocycles. The van der Waals surface area contributed by atoms with Crippen LogP contribution in [-0.2, 0) is 13.6 Å². The minimum absolute atomic E-state index is 0.183. The van der Waals surface area contributed by atoms with Crippen molar-refractivity contribution in [2.45, 2.75) is 6.54 Å². The first kappa shape index (κ1) is 19.4. The fraction of sp³-hybridized carbons (Fsp3) is 0.130. The van der Waals surface area contributed by atoms with Crippen molar-refractivity contribution in [1.82, 2.24) is 14.3 Å². The third kappa shape index (κ3) is 4.25. The third-order valence-corrected chi connectivity index (χ3v) is 4.73. The van der Waals surface area contributed by atoms with Crippen LogP contribution in [0, 0.1) is 0 Å². The van der Waals surface area contributed by atoms with E-state index >= 15 is 0 Å². The number of rotatable bonds is 7. The van der Waals surface area contributed by atoms with E-state index in [9.17, 15) is 9.18 Å². The molecule has 0 aliphatic carbocycles. The molecule has 1 N–H and O–H groups in total. The number of ether oxygens (including phenoxy) is 1. The van der Waals surface area contributed by atoms with Crippen molar-refractivity contribution in [2.24, 2.45) is 7.05 Å². The van der Waals surface area contributed by atoms with Gasteiger partial charge < -0.3 is 10.1 Å². The molecule has 2 aromatic carbocycles. The molecule has 30 heavy (non-hydrogen) atoms. The minimum Gasteiger partial charge on any atom is -0.463 e. The van der Waals surface area contributed by atoms with Crippen LogP contribution in [-0.4, -0.2) is 21.2 Å². The molecule has 4 aromatic rings. The number of alkyl halides is 1. The summed E-state index contributed by atoms with van der Waals surface area (Å²) in [6.07, 6.45) is 5.45. The molecule has 6 nitrogen and oxygen atoms in total.